The van der Waals surface area contributed by atoms with Crippen molar-refractivity contribution in [3.05, 3.63) is 54.1 Å². The number of aromatic nitrogens is 2. The number of imidazole rings is 1. The van der Waals surface area contributed by atoms with Gasteiger partial charge in [0.15, 0.2) is 0 Å². The van der Waals surface area contributed by atoms with Crippen LogP contribution in [0, 0.1) is 0 Å². The molecular formula is C22H35N2+. The lowest BCUT2D eigenvalue weighted by molar-refractivity contribution is -0.704. The molecule has 0 aliphatic heterocycles. The van der Waals surface area contributed by atoms with Gasteiger partial charge < -0.3 is 0 Å². The zero-order chi connectivity index (χ0) is 17.0. The van der Waals surface area contributed by atoms with Gasteiger partial charge in [0.1, 0.15) is 12.4 Å². The Balaban J connectivity index is 1.80. The predicted molar refractivity (Wildman–Crippen MR) is 102 cm³/mol. The van der Waals surface area contributed by atoms with Crippen LogP contribution >= 0.6 is 0 Å². The van der Waals surface area contributed by atoms with Crippen molar-refractivity contribution in [2.75, 3.05) is 0 Å². The number of hydrogen-bond donors (Lipinski definition) is 0. The molecule has 2 aromatic rings. The van der Waals surface area contributed by atoms with Gasteiger partial charge in [0, 0.05) is 6.42 Å². The fraction of sp³-hybridized carbons (Fsp3) is 0.591. The summed E-state index contributed by atoms with van der Waals surface area (Å²) in [6.45, 7) is 6.75. The Hall–Kier alpha value is -1.57. The highest BCUT2D eigenvalue weighted by atomic mass is 15.1. The van der Waals surface area contributed by atoms with E-state index in [1.54, 1.807) is 0 Å². The van der Waals surface area contributed by atoms with Crippen LogP contribution in [0.15, 0.2) is 42.7 Å². The van der Waals surface area contributed by atoms with E-state index in [1.807, 2.05) is 0 Å². The molecule has 24 heavy (non-hydrogen) atoms. The largest absolute Gasteiger partial charge is 0.256 e. The number of hydrogen-bond acceptors (Lipinski definition) is 0. The van der Waals surface area contributed by atoms with E-state index < -0.39 is 0 Å². The Bertz CT molecular complexity index is 557. The minimum Gasteiger partial charge on any atom is -0.235 e. The third kappa shape index (κ3) is 6.14. The van der Waals surface area contributed by atoms with Gasteiger partial charge in [-0.15, -0.1) is 0 Å². The molecule has 132 valence electrons. The molecule has 2 heteroatoms. The van der Waals surface area contributed by atoms with Crippen molar-refractivity contribution < 1.29 is 4.57 Å². The van der Waals surface area contributed by atoms with Crippen molar-refractivity contribution >= 4 is 0 Å². The highest BCUT2D eigenvalue weighted by molar-refractivity contribution is 5.14. The van der Waals surface area contributed by atoms with E-state index in [0.717, 1.165) is 13.1 Å². The number of aryl methyl sites for hydroxylation is 3. The van der Waals surface area contributed by atoms with Gasteiger partial charge in [-0.05, 0) is 31.7 Å². The molecule has 0 bridgehead atoms. The lowest BCUT2D eigenvalue weighted by Gasteiger charge is -2.05. The number of nitrogens with zero attached hydrogens (tertiary/aromatic N) is 2. The molecule has 2 rings (SSSR count). The van der Waals surface area contributed by atoms with Crippen molar-refractivity contribution in [3.8, 4) is 0 Å². The Morgan fingerprint density at radius 1 is 0.833 bits per heavy atom. The van der Waals surface area contributed by atoms with E-state index in [0.29, 0.717) is 0 Å². The summed E-state index contributed by atoms with van der Waals surface area (Å²) >= 11 is 0. The fourth-order valence-electron chi connectivity index (χ4n) is 3.44. The van der Waals surface area contributed by atoms with Gasteiger partial charge in [-0.2, -0.15) is 0 Å². The predicted octanol–water partition coefficient (Wildman–Crippen LogP) is 5.33. The Labute approximate surface area is 148 Å². The summed E-state index contributed by atoms with van der Waals surface area (Å²) in [5.74, 6) is 1.51. The molecule has 1 heterocycles. The maximum atomic E-state index is 2.48. The summed E-state index contributed by atoms with van der Waals surface area (Å²) < 4.78 is 4.91. The molecule has 0 atom stereocenters. The summed E-state index contributed by atoms with van der Waals surface area (Å²) in [6.07, 6.45) is 16.4. The van der Waals surface area contributed by atoms with E-state index in [4.69, 9.17) is 0 Å². The Morgan fingerprint density at radius 3 is 2.33 bits per heavy atom. The molecule has 2 nitrogen and oxygen atoms in total. The molecule has 0 saturated carbocycles. The quantitative estimate of drug-likeness (QED) is 0.368. The molecule has 0 N–H and O–H groups in total. The lowest BCUT2D eigenvalue weighted by Crippen LogP contribution is -2.37. The van der Waals surface area contributed by atoms with Crippen LogP contribution in [-0.2, 0) is 25.9 Å². The van der Waals surface area contributed by atoms with Crippen molar-refractivity contribution in [2.24, 2.45) is 0 Å². The van der Waals surface area contributed by atoms with Crippen LogP contribution in [0.4, 0.5) is 0 Å². The van der Waals surface area contributed by atoms with Crippen LogP contribution in [0.3, 0.4) is 0 Å². The number of benzene rings is 1. The number of unbranched alkanes of at least 4 members (excludes halogenated alkanes) is 5. The maximum Gasteiger partial charge on any atom is 0.256 e. The average Bonchev–Trinajstić information content (AvgIpc) is 3.01. The molecule has 0 aliphatic rings. The first-order valence-electron chi connectivity index (χ1n) is 9.96. The molecule has 0 radical (unpaired) electrons. The minimum absolute atomic E-state index is 1.08. The lowest BCUT2D eigenvalue weighted by atomic mass is 10.1. The van der Waals surface area contributed by atoms with Gasteiger partial charge in [-0.1, -0.05) is 69.4 Å². The van der Waals surface area contributed by atoms with Gasteiger partial charge in [-0.3, -0.25) is 0 Å². The van der Waals surface area contributed by atoms with Gasteiger partial charge in [0.05, 0.1) is 13.1 Å². The van der Waals surface area contributed by atoms with E-state index in [2.05, 4.69) is 65.7 Å². The van der Waals surface area contributed by atoms with Gasteiger partial charge in [0.25, 0.3) is 5.82 Å². The minimum atomic E-state index is 1.08. The molecule has 1 aromatic heterocycles. The van der Waals surface area contributed by atoms with Gasteiger partial charge in [0.2, 0.25) is 0 Å². The highest BCUT2D eigenvalue weighted by Crippen LogP contribution is 2.09. The maximum absolute atomic E-state index is 2.48. The van der Waals surface area contributed by atoms with Crippen molar-refractivity contribution in [3.63, 3.8) is 0 Å². The first kappa shape index (κ1) is 18.8. The molecule has 0 fully saturated rings. The summed E-state index contributed by atoms with van der Waals surface area (Å²) in [5, 5.41) is 0. The topological polar surface area (TPSA) is 8.81 Å². The fourth-order valence-corrected chi connectivity index (χ4v) is 3.44. The van der Waals surface area contributed by atoms with Crippen LogP contribution in [0.1, 0.15) is 70.2 Å². The second kappa shape index (κ2) is 11.1. The molecule has 0 amide bonds. The summed E-state index contributed by atoms with van der Waals surface area (Å²) in [5.41, 5.74) is 1.45. The Kier molecular flexibility index (Phi) is 8.65. The van der Waals surface area contributed by atoms with Crippen LogP contribution in [0.2, 0.25) is 0 Å². The summed E-state index contributed by atoms with van der Waals surface area (Å²) in [7, 11) is 0. The average molecular weight is 328 g/mol. The smallest absolute Gasteiger partial charge is 0.235 e. The third-order valence-electron chi connectivity index (χ3n) is 4.89. The normalized spacial score (nSPS) is 11.1. The van der Waals surface area contributed by atoms with Crippen LogP contribution in [-0.4, -0.2) is 4.57 Å². The summed E-state index contributed by atoms with van der Waals surface area (Å²) in [4.78, 5) is 0. The zero-order valence-electron chi connectivity index (χ0n) is 15.7. The van der Waals surface area contributed by atoms with Crippen LogP contribution in [0.25, 0.3) is 0 Å². The Morgan fingerprint density at radius 2 is 1.58 bits per heavy atom. The highest BCUT2D eigenvalue weighted by Gasteiger charge is 2.15. The third-order valence-corrected chi connectivity index (χ3v) is 4.89. The zero-order valence-corrected chi connectivity index (χ0v) is 15.7. The van der Waals surface area contributed by atoms with Gasteiger partial charge in [-0.25, -0.2) is 9.13 Å². The van der Waals surface area contributed by atoms with Crippen LogP contribution in [0.5, 0.6) is 0 Å². The summed E-state index contributed by atoms with van der Waals surface area (Å²) in [6, 6.07) is 10.8. The molecule has 1 aromatic carbocycles. The number of rotatable bonds is 12. The molecule has 0 aliphatic carbocycles. The van der Waals surface area contributed by atoms with Crippen molar-refractivity contribution in [2.45, 2.75) is 84.7 Å². The standard InChI is InChI=1S/C22H35N2/c1-3-5-6-7-8-12-17-22-23(4-2)19-20-24(22)18-13-16-21-14-10-9-11-15-21/h9-11,14-15,19-20H,3-8,12-13,16-18H2,1-2H3/q+1. The SMILES string of the molecule is CCCCCCCCc1n(CC)cc[n+]1CCCc1ccccc1. The van der Waals surface area contributed by atoms with E-state index in [1.165, 1.54) is 69.2 Å². The molecule has 0 unspecified atom stereocenters. The van der Waals surface area contributed by atoms with Crippen LogP contribution < -0.4 is 4.57 Å². The van der Waals surface area contributed by atoms with E-state index >= 15 is 0 Å². The second-order valence-corrected chi connectivity index (χ2v) is 6.80. The van der Waals surface area contributed by atoms with Crippen molar-refractivity contribution in [1.29, 1.82) is 0 Å². The van der Waals surface area contributed by atoms with E-state index in [9.17, 15) is 0 Å². The monoisotopic (exact) mass is 327 g/mol. The second-order valence-electron chi connectivity index (χ2n) is 6.80. The van der Waals surface area contributed by atoms with Crippen molar-refractivity contribution in [1.82, 2.24) is 4.57 Å². The molecule has 0 spiro atoms. The first-order chi connectivity index (χ1) is 11.8. The first-order valence-corrected chi connectivity index (χ1v) is 9.96. The molecular weight excluding hydrogens is 292 g/mol. The van der Waals surface area contributed by atoms with E-state index in [-0.39, 0.29) is 0 Å². The molecule has 0 saturated heterocycles. The van der Waals surface area contributed by atoms with Gasteiger partial charge >= 0.3 is 0 Å².